The van der Waals surface area contributed by atoms with Gasteiger partial charge in [-0.3, -0.25) is 14.5 Å². The second-order valence-electron chi connectivity index (χ2n) is 5.54. The van der Waals surface area contributed by atoms with Gasteiger partial charge in [-0.1, -0.05) is 52.0 Å². The third-order valence-corrected chi connectivity index (χ3v) is 5.58. The van der Waals surface area contributed by atoms with Gasteiger partial charge >= 0.3 is 5.97 Å². The minimum absolute atomic E-state index is 0.00480. The number of benzene rings is 1. The molecule has 1 N–H and O–H groups in total. The van der Waals surface area contributed by atoms with E-state index in [0.717, 1.165) is 10.0 Å². The monoisotopic (exact) mass is 451 g/mol. The smallest absolute Gasteiger partial charge is 0.303 e. The highest BCUT2D eigenvalue weighted by molar-refractivity contribution is 9.10. The van der Waals surface area contributed by atoms with Crippen molar-refractivity contribution in [3.05, 3.63) is 51.5 Å². The lowest BCUT2D eigenvalue weighted by Gasteiger charge is -2.13. The summed E-state index contributed by atoms with van der Waals surface area (Å²) in [6.07, 6.45) is 2.03. The van der Waals surface area contributed by atoms with E-state index in [1.54, 1.807) is 12.1 Å². The summed E-state index contributed by atoms with van der Waals surface area (Å²) in [6, 6.07) is 11.4. The van der Waals surface area contributed by atoms with E-state index in [0.29, 0.717) is 33.7 Å². The highest BCUT2D eigenvalue weighted by Gasteiger charge is 2.31. The van der Waals surface area contributed by atoms with Crippen molar-refractivity contribution in [1.82, 2.24) is 4.90 Å². The number of carbonyl (C=O) groups is 2. The Morgan fingerprint density at radius 3 is 2.69 bits per heavy atom. The Kier molecular flexibility index (Phi) is 5.95. The van der Waals surface area contributed by atoms with Crippen LogP contribution in [0.4, 0.5) is 0 Å². The average Bonchev–Trinajstić information content (AvgIpc) is 3.15. The first-order valence-electron chi connectivity index (χ1n) is 7.77. The number of nitrogens with zero attached hydrogens (tertiary/aromatic N) is 1. The van der Waals surface area contributed by atoms with Crippen molar-refractivity contribution in [3.8, 4) is 11.3 Å². The predicted molar refractivity (Wildman–Crippen MR) is 109 cm³/mol. The molecular weight excluding hydrogens is 438 g/mol. The van der Waals surface area contributed by atoms with Crippen LogP contribution in [0.3, 0.4) is 0 Å². The minimum Gasteiger partial charge on any atom is -0.481 e. The fourth-order valence-corrected chi connectivity index (χ4v) is 3.96. The predicted octanol–water partition coefficient (Wildman–Crippen LogP) is 4.78. The van der Waals surface area contributed by atoms with E-state index >= 15 is 0 Å². The molecule has 0 aliphatic carbocycles. The molecule has 134 valence electrons. The summed E-state index contributed by atoms with van der Waals surface area (Å²) < 4.78 is 7.23. The lowest BCUT2D eigenvalue weighted by atomic mass is 10.2. The standard InChI is InChI=1S/C18H14BrNO4S2/c19-12-5-3-11(4-6-12)14-8-7-13(24-14)10-15-17(23)20(18(25)26-15)9-1-2-16(21)22/h3-8,10H,1-2,9H2,(H,21,22)/b15-10+. The Hall–Kier alpha value is -1.90. The molecule has 0 bridgehead atoms. The van der Waals surface area contributed by atoms with E-state index in [-0.39, 0.29) is 12.3 Å². The molecule has 2 aromatic rings. The first kappa shape index (κ1) is 18.9. The van der Waals surface area contributed by atoms with Crippen molar-refractivity contribution >= 4 is 62.2 Å². The molecule has 1 fully saturated rings. The van der Waals surface area contributed by atoms with E-state index in [9.17, 15) is 9.59 Å². The van der Waals surface area contributed by atoms with E-state index in [2.05, 4.69) is 15.9 Å². The van der Waals surface area contributed by atoms with Crippen LogP contribution < -0.4 is 0 Å². The fraction of sp³-hybridized carbons (Fsp3) is 0.167. The minimum atomic E-state index is -0.887. The van der Waals surface area contributed by atoms with Gasteiger partial charge in [0.1, 0.15) is 15.8 Å². The van der Waals surface area contributed by atoms with Crippen molar-refractivity contribution in [1.29, 1.82) is 0 Å². The zero-order valence-electron chi connectivity index (χ0n) is 13.5. The maximum absolute atomic E-state index is 12.5. The number of amides is 1. The molecule has 1 aromatic carbocycles. The summed E-state index contributed by atoms with van der Waals surface area (Å²) in [5, 5.41) is 8.71. The Balaban J connectivity index is 1.72. The lowest BCUT2D eigenvalue weighted by Crippen LogP contribution is -2.29. The van der Waals surface area contributed by atoms with Gasteiger partial charge in [-0.2, -0.15) is 0 Å². The van der Waals surface area contributed by atoms with Crippen LogP contribution in [0.1, 0.15) is 18.6 Å². The largest absolute Gasteiger partial charge is 0.481 e. The number of thiocarbonyl (C=S) groups is 1. The zero-order chi connectivity index (χ0) is 18.7. The molecule has 1 aromatic heterocycles. The molecule has 1 aliphatic rings. The van der Waals surface area contributed by atoms with Crippen LogP contribution in [0.15, 0.2) is 50.2 Å². The summed E-state index contributed by atoms with van der Waals surface area (Å²) in [4.78, 5) is 25.0. The number of rotatable bonds is 6. The Labute approximate surface area is 168 Å². The highest BCUT2D eigenvalue weighted by Crippen LogP contribution is 2.34. The number of aliphatic carboxylic acids is 1. The Morgan fingerprint density at radius 1 is 1.27 bits per heavy atom. The van der Waals surface area contributed by atoms with Gasteiger partial charge in [0.25, 0.3) is 5.91 Å². The molecule has 8 heteroatoms. The van der Waals surface area contributed by atoms with Crippen molar-refractivity contribution in [2.45, 2.75) is 12.8 Å². The van der Waals surface area contributed by atoms with Crippen LogP contribution >= 0.6 is 39.9 Å². The molecule has 1 saturated heterocycles. The van der Waals surface area contributed by atoms with Gasteiger partial charge in [0, 0.05) is 29.1 Å². The quantitative estimate of drug-likeness (QED) is 0.503. The van der Waals surface area contributed by atoms with E-state index in [4.69, 9.17) is 21.7 Å². The number of carboxylic acid groups (broad SMARTS) is 1. The second kappa shape index (κ2) is 8.20. The van der Waals surface area contributed by atoms with Crippen LogP contribution in [0.2, 0.25) is 0 Å². The molecular formula is C18H14BrNO4S2. The number of halogens is 1. The van der Waals surface area contributed by atoms with Gasteiger partial charge < -0.3 is 9.52 Å². The number of hydrogen-bond acceptors (Lipinski definition) is 5. The number of carboxylic acids is 1. The maximum atomic E-state index is 12.5. The Morgan fingerprint density at radius 2 is 2.00 bits per heavy atom. The molecule has 0 atom stereocenters. The van der Waals surface area contributed by atoms with E-state index in [1.165, 1.54) is 16.7 Å². The van der Waals surface area contributed by atoms with Gasteiger partial charge in [0.2, 0.25) is 0 Å². The molecule has 1 aliphatic heterocycles. The first-order valence-corrected chi connectivity index (χ1v) is 9.79. The summed E-state index contributed by atoms with van der Waals surface area (Å²) in [6.45, 7) is 0.302. The second-order valence-corrected chi connectivity index (χ2v) is 8.13. The van der Waals surface area contributed by atoms with E-state index in [1.807, 2.05) is 30.3 Å². The number of thioether (sulfide) groups is 1. The molecule has 1 amide bonds. The third kappa shape index (κ3) is 4.44. The zero-order valence-corrected chi connectivity index (χ0v) is 16.7. The maximum Gasteiger partial charge on any atom is 0.303 e. The van der Waals surface area contributed by atoms with Gasteiger partial charge in [-0.25, -0.2) is 0 Å². The van der Waals surface area contributed by atoms with Crippen LogP contribution in [-0.2, 0) is 9.59 Å². The van der Waals surface area contributed by atoms with Crippen LogP contribution in [-0.4, -0.2) is 32.7 Å². The average molecular weight is 452 g/mol. The van der Waals surface area contributed by atoms with Gasteiger partial charge in [-0.15, -0.1) is 0 Å². The SMILES string of the molecule is O=C(O)CCCN1C(=O)/C(=C\c2ccc(-c3ccc(Br)cc3)o2)SC1=S. The van der Waals surface area contributed by atoms with Crippen LogP contribution in [0.25, 0.3) is 17.4 Å². The molecule has 3 rings (SSSR count). The summed E-state index contributed by atoms with van der Waals surface area (Å²) in [5.41, 5.74) is 0.939. The summed E-state index contributed by atoms with van der Waals surface area (Å²) in [5.74, 6) is 0.170. The molecule has 0 radical (unpaired) electrons. The van der Waals surface area contributed by atoms with Gasteiger partial charge in [0.15, 0.2) is 0 Å². The highest BCUT2D eigenvalue weighted by atomic mass is 79.9. The third-order valence-electron chi connectivity index (χ3n) is 3.67. The van der Waals surface area contributed by atoms with E-state index < -0.39 is 5.97 Å². The Bertz CT molecular complexity index is 889. The van der Waals surface area contributed by atoms with Crippen molar-refractivity contribution < 1.29 is 19.1 Å². The number of carbonyl (C=O) groups excluding carboxylic acids is 1. The van der Waals surface area contributed by atoms with Crippen molar-refractivity contribution in [2.75, 3.05) is 6.54 Å². The lowest BCUT2D eigenvalue weighted by molar-refractivity contribution is -0.137. The van der Waals surface area contributed by atoms with Crippen LogP contribution in [0, 0.1) is 0 Å². The normalized spacial score (nSPS) is 15.9. The first-order chi connectivity index (χ1) is 12.4. The van der Waals surface area contributed by atoms with Gasteiger partial charge in [0.05, 0.1) is 4.91 Å². The van der Waals surface area contributed by atoms with Crippen LogP contribution in [0.5, 0.6) is 0 Å². The molecule has 2 heterocycles. The topological polar surface area (TPSA) is 70.8 Å². The molecule has 5 nitrogen and oxygen atoms in total. The number of furan rings is 1. The van der Waals surface area contributed by atoms with Crippen molar-refractivity contribution in [2.24, 2.45) is 0 Å². The molecule has 26 heavy (non-hydrogen) atoms. The van der Waals surface area contributed by atoms with Gasteiger partial charge in [-0.05, 0) is 30.7 Å². The summed E-state index contributed by atoms with van der Waals surface area (Å²) in [7, 11) is 0. The molecule has 0 unspecified atom stereocenters. The summed E-state index contributed by atoms with van der Waals surface area (Å²) >= 11 is 9.82. The fourth-order valence-electron chi connectivity index (χ4n) is 2.41. The van der Waals surface area contributed by atoms with Crippen molar-refractivity contribution in [3.63, 3.8) is 0 Å². The number of hydrogen-bond donors (Lipinski definition) is 1. The molecule has 0 spiro atoms. The molecule has 0 saturated carbocycles.